The highest BCUT2D eigenvalue weighted by Crippen LogP contribution is 2.15. The van der Waals surface area contributed by atoms with Gasteiger partial charge in [0.15, 0.2) is 5.69 Å². The standard InChI is InChI=1S/C12H22N6O/c1-9-4-2-3-6-18(9)7-5-15-8-10-11(12(13)14)17-19-16-10/h9,15H,2-8H2,1H3,(H3,13,14). The third-order valence-corrected chi connectivity index (χ3v) is 3.62. The number of amidine groups is 1. The molecule has 7 heteroatoms. The molecule has 1 aromatic heterocycles. The van der Waals surface area contributed by atoms with E-state index in [4.69, 9.17) is 11.1 Å². The molecule has 0 amide bonds. The molecule has 0 radical (unpaired) electrons. The number of nitrogen functional groups attached to an aromatic ring is 1. The molecule has 1 saturated heterocycles. The van der Waals surface area contributed by atoms with Crippen LogP contribution in [0.5, 0.6) is 0 Å². The smallest absolute Gasteiger partial charge is 0.173 e. The van der Waals surface area contributed by atoms with Gasteiger partial charge in [-0.1, -0.05) is 11.6 Å². The summed E-state index contributed by atoms with van der Waals surface area (Å²) in [6, 6.07) is 0.678. The van der Waals surface area contributed by atoms with Crippen LogP contribution in [0.1, 0.15) is 37.6 Å². The third-order valence-electron chi connectivity index (χ3n) is 3.62. The van der Waals surface area contributed by atoms with Crippen molar-refractivity contribution < 1.29 is 4.63 Å². The Labute approximate surface area is 113 Å². The summed E-state index contributed by atoms with van der Waals surface area (Å²) < 4.78 is 4.60. The van der Waals surface area contributed by atoms with E-state index in [1.807, 2.05) is 0 Å². The molecule has 1 aromatic rings. The lowest BCUT2D eigenvalue weighted by molar-refractivity contribution is 0.161. The summed E-state index contributed by atoms with van der Waals surface area (Å²) in [5.41, 5.74) is 6.31. The predicted molar refractivity (Wildman–Crippen MR) is 71.9 cm³/mol. The fraction of sp³-hybridized carbons (Fsp3) is 0.750. The van der Waals surface area contributed by atoms with Gasteiger partial charge in [0.25, 0.3) is 0 Å². The Hall–Kier alpha value is -1.47. The molecule has 1 fully saturated rings. The van der Waals surface area contributed by atoms with Crippen molar-refractivity contribution in [3.05, 3.63) is 11.4 Å². The molecule has 1 atom stereocenters. The van der Waals surface area contributed by atoms with Gasteiger partial charge < -0.3 is 11.1 Å². The second-order valence-corrected chi connectivity index (χ2v) is 5.03. The fourth-order valence-corrected chi connectivity index (χ4v) is 2.45. The van der Waals surface area contributed by atoms with Crippen LogP contribution in [0.15, 0.2) is 4.63 Å². The van der Waals surface area contributed by atoms with E-state index in [-0.39, 0.29) is 5.84 Å². The summed E-state index contributed by atoms with van der Waals surface area (Å²) in [7, 11) is 0. The number of nitrogens with zero attached hydrogens (tertiary/aromatic N) is 3. The maximum Gasteiger partial charge on any atom is 0.173 e. The monoisotopic (exact) mass is 266 g/mol. The van der Waals surface area contributed by atoms with Crippen molar-refractivity contribution in [2.45, 2.75) is 38.8 Å². The van der Waals surface area contributed by atoms with Gasteiger partial charge in [0.05, 0.1) is 0 Å². The van der Waals surface area contributed by atoms with Crippen molar-refractivity contribution in [3.63, 3.8) is 0 Å². The molecule has 4 N–H and O–H groups in total. The molecule has 1 unspecified atom stereocenters. The van der Waals surface area contributed by atoms with Crippen molar-refractivity contribution in [2.75, 3.05) is 19.6 Å². The highest BCUT2D eigenvalue weighted by atomic mass is 16.6. The van der Waals surface area contributed by atoms with Crippen LogP contribution in [0.3, 0.4) is 0 Å². The fourth-order valence-electron chi connectivity index (χ4n) is 2.45. The summed E-state index contributed by atoms with van der Waals surface area (Å²) >= 11 is 0. The van der Waals surface area contributed by atoms with Gasteiger partial charge >= 0.3 is 0 Å². The Kier molecular flexibility index (Phi) is 4.86. The highest BCUT2D eigenvalue weighted by Gasteiger charge is 2.17. The van der Waals surface area contributed by atoms with Crippen LogP contribution < -0.4 is 11.1 Å². The molecule has 0 aromatic carbocycles. The van der Waals surface area contributed by atoms with Gasteiger partial charge in [-0.25, -0.2) is 4.63 Å². The SMILES string of the molecule is CC1CCCCN1CCNCc1nonc1C(=N)N. The molecule has 106 valence electrons. The lowest BCUT2D eigenvalue weighted by Gasteiger charge is -2.33. The Morgan fingerprint density at radius 2 is 2.37 bits per heavy atom. The number of hydrogen-bond acceptors (Lipinski definition) is 6. The van der Waals surface area contributed by atoms with E-state index in [9.17, 15) is 0 Å². The van der Waals surface area contributed by atoms with Gasteiger partial charge in [-0.05, 0) is 31.5 Å². The normalized spacial score (nSPS) is 20.6. The van der Waals surface area contributed by atoms with Crippen LogP contribution >= 0.6 is 0 Å². The summed E-state index contributed by atoms with van der Waals surface area (Å²) in [5, 5.41) is 18.0. The minimum Gasteiger partial charge on any atom is -0.382 e. The van der Waals surface area contributed by atoms with Crippen molar-refractivity contribution in [3.8, 4) is 0 Å². The first-order valence-corrected chi connectivity index (χ1v) is 6.79. The summed E-state index contributed by atoms with van der Waals surface area (Å²) in [5.74, 6) is -0.109. The van der Waals surface area contributed by atoms with E-state index in [2.05, 4.69) is 32.1 Å². The summed E-state index contributed by atoms with van der Waals surface area (Å²) in [4.78, 5) is 2.50. The maximum absolute atomic E-state index is 7.34. The van der Waals surface area contributed by atoms with Gasteiger partial charge in [0.2, 0.25) is 0 Å². The first-order valence-electron chi connectivity index (χ1n) is 6.79. The molecule has 1 aliphatic rings. The minimum absolute atomic E-state index is 0.109. The Bertz CT molecular complexity index is 418. The second kappa shape index (κ2) is 6.63. The average molecular weight is 266 g/mol. The van der Waals surface area contributed by atoms with Gasteiger partial charge in [-0.2, -0.15) is 0 Å². The number of nitrogens with two attached hydrogens (primary N) is 1. The Morgan fingerprint density at radius 3 is 3.11 bits per heavy atom. The molecule has 7 nitrogen and oxygen atoms in total. The molecule has 0 saturated carbocycles. The first-order chi connectivity index (χ1) is 9.18. The number of rotatable bonds is 6. The van der Waals surface area contributed by atoms with E-state index in [1.54, 1.807) is 0 Å². The van der Waals surface area contributed by atoms with Crippen LogP contribution in [0, 0.1) is 5.41 Å². The van der Waals surface area contributed by atoms with E-state index < -0.39 is 0 Å². The van der Waals surface area contributed by atoms with Crippen molar-refractivity contribution in [2.24, 2.45) is 5.73 Å². The second-order valence-electron chi connectivity index (χ2n) is 5.03. The lowest BCUT2D eigenvalue weighted by atomic mass is 10.0. The molecule has 19 heavy (non-hydrogen) atoms. The third kappa shape index (κ3) is 3.74. The topological polar surface area (TPSA) is 104 Å². The summed E-state index contributed by atoms with van der Waals surface area (Å²) in [6.45, 7) is 5.92. The summed E-state index contributed by atoms with van der Waals surface area (Å²) in [6.07, 6.45) is 3.94. The number of piperidine rings is 1. The first kappa shape index (κ1) is 14.0. The van der Waals surface area contributed by atoms with E-state index in [0.717, 1.165) is 13.1 Å². The van der Waals surface area contributed by atoms with Gasteiger partial charge in [0, 0.05) is 25.7 Å². The van der Waals surface area contributed by atoms with E-state index in [1.165, 1.54) is 25.8 Å². The van der Waals surface area contributed by atoms with Crippen molar-refractivity contribution >= 4 is 5.84 Å². The van der Waals surface area contributed by atoms with Crippen LogP contribution in [0.25, 0.3) is 0 Å². The number of nitrogens with one attached hydrogen (secondary N) is 2. The molecule has 0 aliphatic carbocycles. The minimum atomic E-state index is -0.109. The lowest BCUT2D eigenvalue weighted by Crippen LogP contribution is -2.41. The largest absolute Gasteiger partial charge is 0.382 e. The van der Waals surface area contributed by atoms with E-state index >= 15 is 0 Å². The Balaban J connectivity index is 1.71. The highest BCUT2D eigenvalue weighted by molar-refractivity contribution is 5.93. The van der Waals surface area contributed by atoms with Crippen molar-refractivity contribution in [1.82, 2.24) is 20.5 Å². The molecule has 1 aliphatic heterocycles. The van der Waals surface area contributed by atoms with Crippen molar-refractivity contribution in [1.29, 1.82) is 5.41 Å². The molecular weight excluding hydrogens is 244 g/mol. The molecule has 2 rings (SSSR count). The molecular formula is C12H22N6O. The maximum atomic E-state index is 7.34. The zero-order valence-electron chi connectivity index (χ0n) is 11.4. The van der Waals surface area contributed by atoms with Crippen LogP contribution in [0.2, 0.25) is 0 Å². The van der Waals surface area contributed by atoms with E-state index in [0.29, 0.717) is 24.0 Å². The van der Waals surface area contributed by atoms with Crippen LogP contribution in [0.4, 0.5) is 0 Å². The average Bonchev–Trinajstić information content (AvgIpc) is 2.85. The zero-order valence-corrected chi connectivity index (χ0v) is 11.4. The van der Waals surface area contributed by atoms with Gasteiger partial charge in [-0.15, -0.1) is 0 Å². The zero-order chi connectivity index (χ0) is 13.7. The number of likely N-dealkylation sites (tertiary alicyclic amines) is 1. The predicted octanol–water partition coefficient (Wildman–Crippen LogP) is 0.318. The number of hydrogen-bond donors (Lipinski definition) is 3. The quantitative estimate of drug-likeness (QED) is 0.389. The van der Waals surface area contributed by atoms with Gasteiger partial charge in [-0.3, -0.25) is 10.3 Å². The van der Waals surface area contributed by atoms with Crippen LogP contribution in [-0.2, 0) is 6.54 Å². The van der Waals surface area contributed by atoms with Gasteiger partial charge in [0.1, 0.15) is 11.5 Å². The molecule has 0 spiro atoms. The molecule has 0 bridgehead atoms. The molecule has 2 heterocycles. The van der Waals surface area contributed by atoms with Crippen LogP contribution in [-0.4, -0.2) is 46.7 Å². The number of aromatic nitrogens is 2. The Morgan fingerprint density at radius 1 is 1.53 bits per heavy atom.